The van der Waals surface area contributed by atoms with Crippen molar-refractivity contribution >= 4 is 5.82 Å². The summed E-state index contributed by atoms with van der Waals surface area (Å²) in [5.74, 6) is 0.454. The number of nitrogens with zero attached hydrogens (tertiary/aromatic N) is 4. The Morgan fingerprint density at radius 3 is 3.11 bits per heavy atom. The molecule has 1 rings (SSSR count). The van der Waals surface area contributed by atoms with E-state index in [0.29, 0.717) is 5.82 Å². The molecule has 0 aromatic carbocycles. The summed E-state index contributed by atoms with van der Waals surface area (Å²) in [6, 6.07) is 1.67. The third-order valence-electron chi connectivity index (χ3n) is 0.845. The molecule has 0 aliphatic carbocycles. The van der Waals surface area contributed by atoms with Crippen molar-refractivity contribution in [3.8, 4) is 0 Å². The van der Waals surface area contributed by atoms with Crippen LogP contribution in [0.25, 0.3) is 10.4 Å². The van der Waals surface area contributed by atoms with Gasteiger partial charge in [0.05, 0.1) is 5.69 Å². The number of azide groups is 1. The quantitative estimate of drug-likeness (QED) is 0.344. The molecule has 0 aliphatic heterocycles. The van der Waals surface area contributed by atoms with E-state index in [-0.39, 0.29) is 0 Å². The molecule has 0 saturated heterocycles. The topological polar surface area (TPSA) is 77.4 Å². The van der Waals surface area contributed by atoms with E-state index < -0.39 is 0 Å². The lowest BCUT2D eigenvalue weighted by Crippen LogP contribution is -1.66. The van der Waals surface area contributed by atoms with Gasteiger partial charge < -0.3 is 0 Å². The number of hydrogen-bond donors (Lipinski definition) is 1. The first-order valence-electron chi connectivity index (χ1n) is 2.40. The van der Waals surface area contributed by atoms with Gasteiger partial charge in [-0.1, -0.05) is 0 Å². The van der Waals surface area contributed by atoms with E-state index in [1.54, 1.807) is 6.07 Å². The van der Waals surface area contributed by atoms with Crippen molar-refractivity contribution in [3.63, 3.8) is 0 Å². The predicted molar refractivity (Wildman–Crippen MR) is 32.1 cm³/mol. The van der Waals surface area contributed by atoms with Gasteiger partial charge in [-0.15, -0.1) is 0 Å². The van der Waals surface area contributed by atoms with Gasteiger partial charge in [-0.3, -0.25) is 5.10 Å². The van der Waals surface area contributed by atoms with E-state index in [0.717, 1.165) is 5.69 Å². The second kappa shape index (κ2) is 2.19. The summed E-state index contributed by atoms with van der Waals surface area (Å²) in [5, 5.41) is 9.57. The molecule has 0 spiro atoms. The van der Waals surface area contributed by atoms with Crippen LogP contribution in [-0.4, -0.2) is 10.2 Å². The maximum absolute atomic E-state index is 7.94. The normalized spacial score (nSPS) is 8.56. The Kier molecular flexibility index (Phi) is 1.38. The van der Waals surface area contributed by atoms with Gasteiger partial charge in [0.25, 0.3) is 0 Å². The molecule has 46 valence electrons. The summed E-state index contributed by atoms with van der Waals surface area (Å²) in [4.78, 5) is 2.57. The van der Waals surface area contributed by atoms with E-state index >= 15 is 0 Å². The van der Waals surface area contributed by atoms with Crippen molar-refractivity contribution in [2.24, 2.45) is 5.11 Å². The Hall–Kier alpha value is -1.48. The Bertz CT molecular complexity index is 243. The van der Waals surface area contributed by atoms with Crippen molar-refractivity contribution < 1.29 is 0 Å². The van der Waals surface area contributed by atoms with Gasteiger partial charge in [-0.25, -0.2) is 0 Å². The first kappa shape index (κ1) is 5.65. The SMILES string of the molecule is Cc1cc(N=[N+]=[N-])[nH]n1. The van der Waals surface area contributed by atoms with E-state index in [9.17, 15) is 0 Å². The molecule has 9 heavy (non-hydrogen) atoms. The van der Waals surface area contributed by atoms with Crippen molar-refractivity contribution in [1.29, 1.82) is 0 Å². The Morgan fingerprint density at radius 1 is 1.89 bits per heavy atom. The first-order chi connectivity index (χ1) is 4.33. The third-order valence-corrected chi connectivity index (χ3v) is 0.845. The number of rotatable bonds is 1. The highest BCUT2D eigenvalue weighted by molar-refractivity contribution is 5.26. The number of nitrogens with one attached hydrogen (secondary N) is 1. The molecule has 0 atom stereocenters. The van der Waals surface area contributed by atoms with Crippen LogP contribution in [0.3, 0.4) is 0 Å². The highest BCUT2D eigenvalue weighted by Gasteiger charge is 1.89. The van der Waals surface area contributed by atoms with E-state index in [1.807, 2.05) is 6.92 Å². The highest BCUT2D eigenvalue weighted by atomic mass is 15.2. The van der Waals surface area contributed by atoms with Crippen LogP contribution in [0.1, 0.15) is 5.69 Å². The summed E-state index contributed by atoms with van der Waals surface area (Å²) >= 11 is 0. The minimum Gasteiger partial charge on any atom is -0.276 e. The predicted octanol–water partition coefficient (Wildman–Crippen LogP) is 1.66. The number of H-pyrrole nitrogens is 1. The Morgan fingerprint density at radius 2 is 2.67 bits per heavy atom. The molecule has 0 amide bonds. The van der Waals surface area contributed by atoms with Crippen LogP contribution in [0.2, 0.25) is 0 Å². The monoisotopic (exact) mass is 123 g/mol. The average Bonchev–Trinajstić information content (AvgIpc) is 2.17. The van der Waals surface area contributed by atoms with Crippen molar-refractivity contribution in [2.75, 3.05) is 0 Å². The molecule has 1 aromatic heterocycles. The maximum Gasteiger partial charge on any atom is 0.121 e. The van der Waals surface area contributed by atoms with Crippen LogP contribution in [0, 0.1) is 6.92 Å². The largest absolute Gasteiger partial charge is 0.276 e. The van der Waals surface area contributed by atoms with Crippen LogP contribution < -0.4 is 0 Å². The van der Waals surface area contributed by atoms with E-state index in [4.69, 9.17) is 5.53 Å². The second-order valence-electron chi connectivity index (χ2n) is 1.58. The lowest BCUT2D eigenvalue weighted by Gasteiger charge is -1.71. The molecule has 0 saturated carbocycles. The fraction of sp³-hybridized carbons (Fsp3) is 0.250. The van der Waals surface area contributed by atoms with Crippen LogP contribution in [-0.2, 0) is 0 Å². The summed E-state index contributed by atoms with van der Waals surface area (Å²) in [5.41, 5.74) is 8.76. The summed E-state index contributed by atoms with van der Waals surface area (Å²) in [7, 11) is 0. The van der Waals surface area contributed by atoms with Crippen LogP contribution in [0.5, 0.6) is 0 Å². The Balaban J connectivity index is 2.97. The molecule has 1 heterocycles. The number of aromatic amines is 1. The van der Waals surface area contributed by atoms with Gasteiger partial charge in [-0.2, -0.15) is 5.10 Å². The van der Waals surface area contributed by atoms with Gasteiger partial charge in [0.15, 0.2) is 0 Å². The zero-order valence-corrected chi connectivity index (χ0v) is 4.87. The van der Waals surface area contributed by atoms with Crippen molar-refractivity contribution in [1.82, 2.24) is 10.2 Å². The smallest absolute Gasteiger partial charge is 0.121 e. The molecule has 0 aliphatic rings. The molecule has 5 nitrogen and oxygen atoms in total. The van der Waals surface area contributed by atoms with Gasteiger partial charge in [-0.05, 0) is 23.6 Å². The molecular weight excluding hydrogens is 118 g/mol. The van der Waals surface area contributed by atoms with E-state index in [2.05, 4.69) is 20.2 Å². The second-order valence-corrected chi connectivity index (χ2v) is 1.58. The molecule has 1 N–H and O–H groups in total. The first-order valence-corrected chi connectivity index (χ1v) is 2.40. The van der Waals surface area contributed by atoms with Gasteiger partial charge in [0.1, 0.15) is 5.82 Å². The lowest BCUT2D eigenvalue weighted by molar-refractivity contribution is 1.04. The maximum atomic E-state index is 7.94. The molecule has 0 bridgehead atoms. The molecule has 0 unspecified atom stereocenters. The minimum atomic E-state index is 0.454. The van der Waals surface area contributed by atoms with Gasteiger partial charge >= 0.3 is 0 Å². The number of aryl methyl sites for hydroxylation is 1. The minimum absolute atomic E-state index is 0.454. The van der Waals surface area contributed by atoms with Crippen LogP contribution in [0.15, 0.2) is 11.2 Å². The summed E-state index contributed by atoms with van der Waals surface area (Å²) < 4.78 is 0. The highest BCUT2D eigenvalue weighted by Crippen LogP contribution is 2.06. The standard InChI is InChI=1S/C4H5N5/c1-3-2-4(7-6-3)8-9-5/h2H,1H3,(H,6,7). The fourth-order valence-corrected chi connectivity index (χ4v) is 0.507. The van der Waals surface area contributed by atoms with Crippen LogP contribution in [0.4, 0.5) is 5.82 Å². The zero-order valence-electron chi connectivity index (χ0n) is 4.87. The molecule has 0 fully saturated rings. The van der Waals surface area contributed by atoms with Gasteiger partial charge in [0, 0.05) is 4.91 Å². The molecular formula is C4H5N5. The van der Waals surface area contributed by atoms with Crippen molar-refractivity contribution in [2.45, 2.75) is 6.92 Å². The number of aromatic nitrogens is 2. The third kappa shape index (κ3) is 1.20. The molecule has 0 radical (unpaired) electrons. The molecule has 1 aromatic rings. The average molecular weight is 123 g/mol. The lowest BCUT2D eigenvalue weighted by atomic mass is 10.5. The van der Waals surface area contributed by atoms with Gasteiger partial charge in [0.2, 0.25) is 0 Å². The Labute approximate surface area is 51.3 Å². The summed E-state index contributed by atoms with van der Waals surface area (Å²) in [6.07, 6.45) is 0. The zero-order chi connectivity index (χ0) is 6.69. The summed E-state index contributed by atoms with van der Waals surface area (Å²) in [6.45, 7) is 1.81. The fourth-order valence-electron chi connectivity index (χ4n) is 0.507. The van der Waals surface area contributed by atoms with Crippen molar-refractivity contribution in [3.05, 3.63) is 22.2 Å². The van der Waals surface area contributed by atoms with E-state index in [1.165, 1.54) is 0 Å². The molecule has 5 heteroatoms. The number of hydrogen-bond acceptors (Lipinski definition) is 2. The van der Waals surface area contributed by atoms with Crippen LogP contribution >= 0.6 is 0 Å².